The Morgan fingerprint density at radius 1 is 1.15 bits per heavy atom. The summed E-state index contributed by atoms with van der Waals surface area (Å²) in [6, 6.07) is 19.8. The maximum Gasteiger partial charge on any atom is 0.230 e. The number of aromatic nitrogens is 2. The Hall–Kier alpha value is -3.41. The van der Waals surface area contributed by atoms with E-state index in [0.29, 0.717) is 12.4 Å². The van der Waals surface area contributed by atoms with Crippen molar-refractivity contribution in [3.05, 3.63) is 66.2 Å². The molecule has 4 rings (SSSR count). The first-order valence-electron chi connectivity index (χ1n) is 8.90. The number of amides is 2. The summed E-state index contributed by atoms with van der Waals surface area (Å²) in [4.78, 5) is 23.8. The van der Waals surface area contributed by atoms with Crippen molar-refractivity contribution in [2.75, 3.05) is 11.9 Å². The van der Waals surface area contributed by atoms with Crippen LogP contribution in [0.4, 0.5) is 5.82 Å². The van der Waals surface area contributed by atoms with Gasteiger partial charge in [-0.25, -0.2) is 4.68 Å². The third kappa shape index (κ3) is 3.60. The zero-order valence-corrected chi connectivity index (χ0v) is 15.0. The van der Waals surface area contributed by atoms with Crippen molar-refractivity contribution in [1.82, 2.24) is 15.1 Å². The lowest BCUT2D eigenvalue weighted by Gasteiger charge is -2.08. The molecule has 2 aromatic carbocycles. The number of benzene rings is 2. The van der Waals surface area contributed by atoms with Crippen LogP contribution in [0.15, 0.2) is 60.7 Å². The molecule has 1 atom stereocenters. The zero-order chi connectivity index (χ0) is 18.8. The van der Waals surface area contributed by atoms with Crippen LogP contribution in [0.25, 0.3) is 16.9 Å². The number of hydrogen-bond donors (Lipinski definition) is 2. The Morgan fingerprint density at radius 2 is 1.96 bits per heavy atom. The van der Waals surface area contributed by atoms with E-state index in [1.807, 2.05) is 66.2 Å². The van der Waals surface area contributed by atoms with E-state index < -0.39 is 0 Å². The number of nitrogens with zero attached hydrogens (tertiary/aromatic N) is 2. The van der Waals surface area contributed by atoms with Crippen molar-refractivity contribution in [3.8, 4) is 16.9 Å². The van der Waals surface area contributed by atoms with Gasteiger partial charge in [0.15, 0.2) is 5.82 Å². The molecule has 1 aromatic heterocycles. The fourth-order valence-corrected chi connectivity index (χ4v) is 3.24. The van der Waals surface area contributed by atoms with Crippen LogP contribution in [0.2, 0.25) is 0 Å². The normalized spacial score (nSPS) is 16.2. The van der Waals surface area contributed by atoms with Gasteiger partial charge in [0.25, 0.3) is 0 Å². The van der Waals surface area contributed by atoms with Crippen LogP contribution < -0.4 is 10.6 Å². The van der Waals surface area contributed by atoms with E-state index in [4.69, 9.17) is 0 Å². The summed E-state index contributed by atoms with van der Waals surface area (Å²) in [7, 11) is 0. The summed E-state index contributed by atoms with van der Waals surface area (Å²) in [5, 5.41) is 10.1. The average molecular weight is 360 g/mol. The zero-order valence-electron chi connectivity index (χ0n) is 15.0. The quantitative estimate of drug-likeness (QED) is 0.751. The molecule has 0 aliphatic carbocycles. The number of aryl methyl sites for hydroxylation is 1. The summed E-state index contributed by atoms with van der Waals surface area (Å²) in [6.45, 7) is 2.41. The van der Waals surface area contributed by atoms with Gasteiger partial charge in [0.1, 0.15) is 0 Å². The molecule has 1 aliphatic rings. The second-order valence-corrected chi connectivity index (χ2v) is 6.73. The summed E-state index contributed by atoms with van der Waals surface area (Å²) in [5.74, 6) is -0.172. The molecule has 2 N–H and O–H groups in total. The molecular weight excluding hydrogens is 340 g/mol. The van der Waals surface area contributed by atoms with Crippen molar-refractivity contribution in [2.24, 2.45) is 5.92 Å². The minimum atomic E-state index is -0.359. The first-order valence-corrected chi connectivity index (χ1v) is 8.90. The summed E-state index contributed by atoms with van der Waals surface area (Å²) in [5.41, 5.74) is 3.96. The molecule has 0 bridgehead atoms. The molecule has 1 aliphatic heterocycles. The van der Waals surface area contributed by atoms with Gasteiger partial charge in [0.05, 0.1) is 17.3 Å². The van der Waals surface area contributed by atoms with Gasteiger partial charge in [-0.05, 0) is 25.1 Å². The minimum Gasteiger partial charge on any atom is -0.355 e. The highest BCUT2D eigenvalue weighted by Gasteiger charge is 2.28. The second-order valence-electron chi connectivity index (χ2n) is 6.73. The Morgan fingerprint density at radius 3 is 2.67 bits per heavy atom. The summed E-state index contributed by atoms with van der Waals surface area (Å²) < 4.78 is 1.82. The topological polar surface area (TPSA) is 76.0 Å². The van der Waals surface area contributed by atoms with Gasteiger partial charge >= 0.3 is 0 Å². The standard InChI is InChI=1S/C21H20N4O2/c1-14-6-5-7-15(10-14)18-12-19(23-21(27)16-11-20(26)22-13-16)24-25(18)17-8-3-2-4-9-17/h2-10,12,16H,11,13H2,1H3,(H,22,26)(H,23,24,27)/t16-/m1/s1. The molecule has 6 heteroatoms. The number of hydrogen-bond acceptors (Lipinski definition) is 3. The van der Waals surface area contributed by atoms with Crippen molar-refractivity contribution in [2.45, 2.75) is 13.3 Å². The van der Waals surface area contributed by atoms with Gasteiger partial charge in [0, 0.05) is 24.6 Å². The Kier molecular flexibility index (Phi) is 4.46. The lowest BCUT2D eigenvalue weighted by molar-refractivity contribution is -0.123. The second kappa shape index (κ2) is 7.07. The number of carbonyl (C=O) groups excluding carboxylic acids is 2. The molecule has 2 heterocycles. The molecule has 2 amide bonds. The first-order chi connectivity index (χ1) is 13.1. The number of nitrogens with one attached hydrogen (secondary N) is 2. The van der Waals surface area contributed by atoms with E-state index in [-0.39, 0.29) is 24.2 Å². The third-order valence-electron chi connectivity index (χ3n) is 4.62. The first kappa shape index (κ1) is 17.0. The van der Waals surface area contributed by atoms with Crippen molar-refractivity contribution >= 4 is 17.6 Å². The van der Waals surface area contributed by atoms with Crippen LogP contribution >= 0.6 is 0 Å². The van der Waals surface area contributed by atoms with Crippen molar-refractivity contribution in [1.29, 1.82) is 0 Å². The molecule has 1 saturated heterocycles. The number of rotatable bonds is 4. The molecule has 136 valence electrons. The average Bonchev–Trinajstić information content (AvgIpc) is 3.29. The molecule has 6 nitrogen and oxygen atoms in total. The fraction of sp³-hybridized carbons (Fsp3) is 0.190. The molecule has 27 heavy (non-hydrogen) atoms. The SMILES string of the molecule is Cc1cccc(-c2cc(NC(=O)[C@H]3CNC(=O)C3)nn2-c2ccccc2)c1. The van der Waals surface area contributed by atoms with Gasteiger partial charge in [-0.2, -0.15) is 0 Å². The monoisotopic (exact) mass is 360 g/mol. The van der Waals surface area contributed by atoms with E-state index in [2.05, 4.69) is 21.8 Å². The smallest absolute Gasteiger partial charge is 0.230 e. The van der Waals surface area contributed by atoms with Crippen LogP contribution in [0.1, 0.15) is 12.0 Å². The largest absolute Gasteiger partial charge is 0.355 e. The molecule has 0 spiro atoms. The van der Waals surface area contributed by atoms with Gasteiger partial charge in [0.2, 0.25) is 11.8 Å². The Bertz CT molecular complexity index is 994. The molecule has 0 unspecified atom stereocenters. The van der Waals surface area contributed by atoms with Crippen LogP contribution in [0.3, 0.4) is 0 Å². The lowest BCUT2D eigenvalue weighted by atomic mass is 10.1. The summed E-state index contributed by atoms with van der Waals surface area (Å²) >= 11 is 0. The maximum absolute atomic E-state index is 12.5. The predicted molar refractivity (Wildman–Crippen MR) is 103 cm³/mol. The highest BCUT2D eigenvalue weighted by atomic mass is 16.2. The van der Waals surface area contributed by atoms with Crippen LogP contribution in [0, 0.1) is 12.8 Å². The Balaban J connectivity index is 1.69. The molecular formula is C21H20N4O2. The van der Waals surface area contributed by atoms with Crippen LogP contribution in [0.5, 0.6) is 0 Å². The van der Waals surface area contributed by atoms with Gasteiger partial charge < -0.3 is 10.6 Å². The fourth-order valence-electron chi connectivity index (χ4n) is 3.24. The molecule has 0 saturated carbocycles. The van der Waals surface area contributed by atoms with Crippen molar-refractivity contribution < 1.29 is 9.59 Å². The van der Waals surface area contributed by atoms with E-state index in [0.717, 1.165) is 22.5 Å². The van der Waals surface area contributed by atoms with Crippen LogP contribution in [-0.2, 0) is 9.59 Å². The Labute approximate surface area is 157 Å². The number of carbonyl (C=O) groups is 2. The maximum atomic E-state index is 12.5. The predicted octanol–water partition coefficient (Wildman–Crippen LogP) is 2.92. The van der Waals surface area contributed by atoms with Gasteiger partial charge in [-0.3, -0.25) is 9.59 Å². The summed E-state index contributed by atoms with van der Waals surface area (Å²) in [6.07, 6.45) is 0.218. The van der Waals surface area contributed by atoms with E-state index in [9.17, 15) is 9.59 Å². The van der Waals surface area contributed by atoms with E-state index in [1.165, 1.54) is 0 Å². The minimum absolute atomic E-state index is 0.0922. The van der Waals surface area contributed by atoms with E-state index in [1.54, 1.807) is 0 Å². The number of anilines is 1. The van der Waals surface area contributed by atoms with Gasteiger partial charge in [-0.15, -0.1) is 5.10 Å². The molecule has 3 aromatic rings. The number of para-hydroxylation sites is 1. The molecule has 1 fully saturated rings. The third-order valence-corrected chi connectivity index (χ3v) is 4.62. The van der Waals surface area contributed by atoms with Crippen LogP contribution in [-0.4, -0.2) is 28.1 Å². The molecule has 0 radical (unpaired) electrons. The lowest BCUT2D eigenvalue weighted by Crippen LogP contribution is -2.24. The van der Waals surface area contributed by atoms with Crippen molar-refractivity contribution in [3.63, 3.8) is 0 Å². The highest BCUT2D eigenvalue weighted by Crippen LogP contribution is 2.27. The van der Waals surface area contributed by atoms with E-state index >= 15 is 0 Å². The highest BCUT2D eigenvalue weighted by molar-refractivity contribution is 5.97. The van der Waals surface area contributed by atoms with Gasteiger partial charge in [-0.1, -0.05) is 42.0 Å².